The van der Waals surface area contributed by atoms with E-state index < -0.39 is 0 Å². The molecule has 0 aromatic heterocycles. The molecule has 1 fully saturated rings. The van der Waals surface area contributed by atoms with E-state index in [-0.39, 0.29) is 17.6 Å². The van der Waals surface area contributed by atoms with Gasteiger partial charge in [0.2, 0.25) is 0 Å². The maximum atomic E-state index is 12.8. The van der Waals surface area contributed by atoms with Crippen LogP contribution in [0.25, 0.3) is 0 Å². The summed E-state index contributed by atoms with van der Waals surface area (Å²) >= 11 is 1.51. The van der Waals surface area contributed by atoms with Crippen LogP contribution in [0.4, 0.5) is 5.69 Å². The number of nitrogens with zero attached hydrogens (tertiary/aromatic N) is 2. The van der Waals surface area contributed by atoms with Crippen molar-refractivity contribution in [3.63, 3.8) is 0 Å². The zero-order valence-corrected chi connectivity index (χ0v) is 13.7. The van der Waals surface area contributed by atoms with Crippen molar-refractivity contribution in [2.24, 2.45) is 5.10 Å². The largest absolute Gasteiger partial charge is 0.361 e. The maximum absolute atomic E-state index is 12.8. The van der Waals surface area contributed by atoms with E-state index in [1.54, 1.807) is 0 Å². The van der Waals surface area contributed by atoms with E-state index in [0.717, 1.165) is 42.7 Å². The van der Waals surface area contributed by atoms with Crippen LogP contribution in [0.1, 0.15) is 37.3 Å². The third kappa shape index (κ3) is 2.32. The number of nitrogens with one attached hydrogen (secondary N) is 2. The molecular formula is C17H20N4OS. The highest BCUT2D eigenvalue weighted by molar-refractivity contribution is 8.14. The smallest absolute Gasteiger partial charge is 0.255 e. The van der Waals surface area contributed by atoms with Crippen molar-refractivity contribution in [3.8, 4) is 0 Å². The molecule has 120 valence electrons. The van der Waals surface area contributed by atoms with Gasteiger partial charge < -0.3 is 10.6 Å². The average molecular weight is 328 g/mol. The second kappa shape index (κ2) is 5.60. The quantitative estimate of drug-likeness (QED) is 0.819. The van der Waals surface area contributed by atoms with Crippen molar-refractivity contribution < 1.29 is 4.79 Å². The Hall–Kier alpha value is -1.95. The molecule has 2 aliphatic heterocycles. The summed E-state index contributed by atoms with van der Waals surface area (Å²) in [6.45, 7) is 3.73. The first-order valence-corrected chi connectivity index (χ1v) is 9.02. The minimum absolute atomic E-state index is 0.00628. The number of hydrogen-bond donors (Lipinski definition) is 2. The van der Waals surface area contributed by atoms with Crippen LogP contribution in [-0.4, -0.2) is 27.5 Å². The van der Waals surface area contributed by atoms with Crippen LogP contribution in [0.5, 0.6) is 0 Å². The molecule has 2 N–H and O–H groups in total. The summed E-state index contributed by atoms with van der Waals surface area (Å²) in [5, 5.41) is 14.1. The predicted molar refractivity (Wildman–Crippen MR) is 94.1 cm³/mol. The van der Waals surface area contributed by atoms with Crippen LogP contribution in [0.2, 0.25) is 0 Å². The van der Waals surface area contributed by atoms with Crippen LogP contribution >= 0.6 is 11.8 Å². The Balaban J connectivity index is 1.79. The Labute approximate surface area is 140 Å². The Morgan fingerprint density at radius 2 is 2.17 bits per heavy atom. The van der Waals surface area contributed by atoms with Crippen molar-refractivity contribution in [1.29, 1.82) is 0 Å². The van der Waals surface area contributed by atoms with E-state index in [1.165, 1.54) is 11.8 Å². The first-order chi connectivity index (χ1) is 11.2. The fourth-order valence-electron chi connectivity index (χ4n) is 3.76. The van der Waals surface area contributed by atoms with Gasteiger partial charge in [-0.05, 0) is 31.7 Å². The molecule has 0 saturated heterocycles. The van der Waals surface area contributed by atoms with Gasteiger partial charge in [0.1, 0.15) is 5.66 Å². The van der Waals surface area contributed by atoms with Gasteiger partial charge in [-0.2, -0.15) is 0 Å². The first-order valence-electron chi connectivity index (χ1n) is 8.03. The monoisotopic (exact) mass is 328 g/mol. The number of hydrogen-bond acceptors (Lipinski definition) is 5. The molecule has 1 aliphatic carbocycles. The van der Waals surface area contributed by atoms with Crippen molar-refractivity contribution in [3.05, 3.63) is 42.5 Å². The molecule has 0 radical (unpaired) electrons. The fourth-order valence-corrected chi connectivity index (χ4v) is 4.35. The predicted octanol–water partition coefficient (Wildman–Crippen LogP) is 3.05. The Morgan fingerprint density at radius 3 is 2.96 bits per heavy atom. The molecule has 2 heterocycles. The zero-order chi connectivity index (χ0) is 15.9. The summed E-state index contributed by atoms with van der Waals surface area (Å²) in [7, 11) is 0. The summed E-state index contributed by atoms with van der Waals surface area (Å²) in [6, 6.07) is 7.72. The topological polar surface area (TPSA) is 56.7 Å². The van der Waals surface area contributed by atoms with Crippen LogP contribution in [0.15, 0.2) is 42.0 Å². The molecule has 3 aliphatic rings. The fraction of sp³-hybridized carbons (Fsp3) is 0.412. The standard InChI is InChI=1S/C17H20N4OS/c1-2-11-23-16-18-15(22)14-12-7-3-4-8-13(12)19-17(21(14)20-16)9-5-6-10-17/h2-4,7-8,14,19H,1,5-6,9-11H2,(H,18,20,22)/t14-/m1/s1. The number of benzene rings is 1. The Morgan fingerprint density at radius 1 is 1.39 bits per heavy atom. The van der Waals surface area contributed by atoms with Crippen LogP contribution < -0.4 is 10.6 Å². The number of anilines is 1. The first kappa shape index (κ1) is 14.6. The number of carbonyl (C=O) groups excluding carboxylic acids is 1. The van der Waals surface area contributed by atoms with Crippen LogP contribution in [0, 0.1) is 0 Å². The molecule has 4 rings (SSSR count). The van der Waals surface area contributed by atoms with Gasteiger partial charge in [0.25, 0.3) is 5.91 Å². The minimum Gasteiger partial charge on any atom is -0.361 e. The average Bonchev–Trinajstić information content (AvgIpc) is 3.02. The lowest BCUT2D eigenvalue weighted by Crippen LogP contribution is -2.60. The van der Waals surface area contributed by atoms with E-state index in [0.29, 0.717) is 5.17 Å². The summed E-state index contributed by atoms with van der Waals surface area (Å²) in [5.74, 6) is 0.737. The van der Waals surface area contributed by atoms with Crippen LogP contribution in [-0.2, 0) is 4.79 Å². The number of amidine groups is 1. The number of amides is 1. The van der Waals surface area contributed by atoms with Crippen molar-refractivity contribution in [2.45, 2.75) is 37.4 Å². The van der Waals surface area contributed by atoms with Gasteiger partial charge in [-0.3, -0.25) is 9.80 Å². The number of carbonyl (C=O) groups is 1. The highest BCUT2D eigenvalue weighted by Gasteiger charge is 2.51. The molecule has 0 bridgehead atoms. The molecule has 0 unspecified atom stereocenters. The third-order valence-electron chi connectivity index (χ3n) is 4.75. The van der Waals surface area contributed by atoms with E-state index in [9.17, 15) is 4.79 Å². The second-order valence-corrected chi connectivity index (χ2v) is 7.20. The van der Waals surface area contributed by atoms with Crippen molar-refractivity contribution in [1.82, 2.24) is 10.3 Å². The number of thioether (sulfide) groups is 1. The molecule has 1 saturated carbocycles. The van der Waals surface area contributed by atoms with E-state index in [4.69, 9.17) is 5.10 Å². The number of hydrazone groups is 1. The SMILES string of the molecule is C=CCSC1=NN2[C@@H](C(=O)N1)c1ccccc1NC21CCCC1. The molecule has 1 spiro atoms. The Bertz CT molecular complexity index is 681. The van der Waals surface area contributed by atoms with Gasteiger partial charge in [-0.1, -0.05) is 36.0 Å². The lowest BCUT2D eigenvalue weighted by Gasteiger charge is -2.50. The summed E-state index contributed by atoms with van der Waals surface area (Å²) < 4.78 is 0. The highest BCUT2D eigenvalue weighted by Crippen LogP contribution is 2.47. The molecule has 1 amide bonds. The number of rotatable bonds is 2. The van der Waals surface area contributed by atoms with Gasteiger partial charge in [0.15, 0.2) is 11.2 Å². The summed E-state index contributed by atoms with van der Waals surface area (Å²) in [4.78, 5) is 12.8. The van der Waals surface area contributed by atoms with Gasteiger partial charge in [-0.15, -0.1) is 11.7 Å². The van der Waals surface area contributed by atoms with Crippen LogP contribution in [0.3, 0.4) is 0 Å². The molecule has 1 atom stereocenters. The molecule has 5 nitrogen and oxygen atoms in total. The lowest BCUT2D eigenvalue weighted by molar-refractivity contribution is -0.129. The molecule has 1 aromatic rings. The summed E-state index contributed by atoms with van der Waals surface area (Å²) in [5.41, 5.74) is 1.82. The van der Waals surface area contributed by atoms with Crippen molar-refractivity contribution >= 4 is 28.5 Å². The van der Waals surface area contributed by atoms with E-state index >= 15 is 0 Å². The maximum Gasteiger partial charge on any atom is 0.255 e. The minimum atomic E-state index is -0.348. The van der Waals surface area contributed by atoms with Gasteiger partial charge in [0.05, 0.1) is 0 Å². The number of para-hydroxylation sites is 1. The highest BCUT2D eigenvalue weighted by atomic mass is 32.2. The molecule has 1 aromatic carbocycles. The third-order valence-corrected chi connectivity index (χ3v) is 5.61. The van der Waals surface area contributed by atoms with Gasteiger partial charge in [0, 0.05) is 17.0 Å². The molecule has 6 heteroatoms. The molecule has 23 heavy (non-hydrogen) atoms. The van der Waals surface area contributed by atoms with Gasteiger partial charge in [-0.25, -0.2) is 0 Å². The van der Waals surface area contributed by atoms with E-state index in [1.807, 2.05) is 29.3 Å². The Kier molecular flexibility index (Phi) is 3.56. The van der Waals surface area contributed by atoms with E-state index in [2.05, 4.69) is 23.3 Å². The van der Waals surface area contributed by atoms with Crippen molar-refractivity contribution in [2.75, 3.05) is 11.1 Å². The van der Waals surface area contributed by atoms with Gasteiger partial charge >= 0.3 is 0 Å². The second-order valence-electron chi connectivity index (χ2n) is 6.19. The number of fused-ring (bicyclic) bond motifs is 4. The summed E-state index contributed by atoms with van der Waals surface area (Å²) in [6.07, 6.45) is 6.15. The zero-order valence-electron chi connectivity index (χ0n) is 12.9. The molecular weight excluding hydrogens is 308 g/mol. The lowest BCUT2D eigenvalue weighted by atomic mass is 9.93. The normalized spacial score (nSPS) is 24.3.